The topological polar surface area (TPSA) is 59.6 Å². The number of carbonyl (C=O) groups excluding carboxylic acids is 1. The molecule has 7 heteroatoms. The minimum Gasteiger partial charge on any atom is -0.484 e. The molecule has 0 aliphatic rings. The maximum absolute atomic E-state index is 11.5. The maximum Gasteiger partial charge on any atom is 0.257 e. The Morgan fingerprint density at radius 3 is 2.80 bits per heavy atom. The zero-order valence-electron chi connectivity index (χ0n) is 11.4. The van der Waals surface area contributed by atoms with Crippen molar-refractivity contribution in [2.45, 2.75) is 0 Å². The van der Waals surface area contributed by atoms with Crippen LogP contribution in [0.4, 0.5) is 0 Å². The summed E-state index contributed by atoms with van der Waals surface area (Å²) < 4.78 is 10.2. The van der Waals surface area contributed by atoms with Crippen molar-refractivity contribution in [1.29, 1.82) is 0 Å². The van der Waals surface area contributed by atoms with E-state index in [2.05, 4.69) is 10.6 Å². The molecule has 20 heavy (non-hydrogen) atoms. The number of rotatable bonds is 9. The van der Waals surface area contributed by atoms with E-state index in [0.29, 0.717) is 30.5 Å². The number of ether oxygens (including phenoxy) is 2. The molecule has 0 aromatic heterocycles. The molecule has 0 heterocycles. The first-order valence-electron chi connectivity index (χ1n) is 6.07. The van der Waals surface area contributed by atoms with E-state index < -0.39 is 0 Å². The van der Waals surface area contributed by atoms with Crippen LogP contribution in [0.3, 0.4) is 0 Å². The highest BCUT2D eigenvalue weighted by atomic mass is 35.5. The van der Waals surface area contributed by atoms with Crippen LogP contribution in [0.15, 0.2) is 24.3 Å². The van der Waals surface area contributed by atoms with Gasteiger partial charge in [-0.3, -0.25) is 4.79 Å². The zero-order valence-corrected chi connectivity index (χ0v) is 12.9. The van der Waals surface area contributed by atoms with Gasteiger partial charge in [-0.25, -0.2) is 0 Å². The fraction of sp³-hybridized carbons (Fsp3) is 0.462. The van der Waals surface area contributed by atoms with E-state index in [0.717, 1.165) is 6.54 Å². The molecule has 5 nitrogen and oxygen atoms in total. The third-order valence-electron chi connectivity index (χ3n) is 2.27. The molecule has 114 valence electrons. The van der Waals surface area contributed by atoms with Gasteiger partial charge in [0.1, 0.15) is 5.75 Å². The third-order valence-corrected chi connectivity index (χ3v) is 2.51. The summed E-state index contributed by atoms with van der Waals surface area (Å²) in [5, 5.41) is 6.45. The highest BCUT2D eigenvalue weighted by Gasteiger charge is 2.02. The van der Waals surface area contributed by atoms with Gasteiger partial charge in [-0.2, -0.15) is 0 Å². The fourth-order valence-electron chi connectivity index (χ4n) is 1.35. The molecule has 0 saturated heterocycles. The number of benzene rings is 1. The van der Waals surface area contributed by atoms with Crippen LogP contribution in [0.25, 0.3) is 0 Å². The van der Waals surface area contributed by atoms with E-state index >= 15 is 0 Å². The molecule has 0 atom stereocenters. The van der Waals surface area contributed by atoms with Gasteiger partial charge in [0, 0.05) is 31.8 Å². The molecule has 0 fully saturated rings. The Balaban J connectivity index is 0.00000361. The van der Waals surface area contributed by atoms with Gasteiger partial charge in [-0.1, -0.05) is 17.7 Å². The summed E-state index contributed by atoms with van der Waals surface area (Å²) in [5.41, 5.74) is 0. The lowest BCUT2D eigenvalue weighted by Crippen LogP contribution is -2.35. The van der Waals surface area contributed by atoms with Gasteiger partial charge in [-0.15, -0.1) is 12.4 Å². The summed E-state index contributed by atoms with van der Waals surface area (Å²) in [6.45, 7) is 2.67. The van der Waals surface area contributed by atoms with Gasteiger partial charge in [0.15, 0.2) is 6.61 Å². The number of amides is 1. The third kappa shape index (κ3) is 8.98. The fourth-order valence-corrected chi connectivity index (χ4v) is 1.53. The zero-order chi connectivity index (χ0) is 13.9. The minimum absolute atomic E-state index is 0. The molecule has 0 bridgehead atoms. The molecule has 1 amide bonds. The first-order valence-corrected chi connectivity index (χ1v) is 6.45. The number of halogens is 2. The van der Waals surface area contributed by atoms with E-state index in [4.69, 9.17) is 21.1 Å². The maximum atomic E-state index is 11.5. The molecule has 0 aliphatic carbocycles. The van der Waals surface area contributed by atoms with Crippen LogP contribution in [0.1, 0.15) is 0 Å². The number of nitrogens with one attached hydrogen (secondary N) is 2. The van der Waals surface area contributed by atoms with Gasteiger partial charge in [0.05, 0.1) is 6.61 Å². The van der Waals surface area contributed by atoms with Gasteiger partial charge in [0.2, 0.25) is 0 Å². The molecule has 0 spiro atoms. The summed E-state index contributed by atoms with van der Waals surface area (Å²) in [6.07, 6.45) is 0. The lowest BCUT2D eigenvalue weighted by Gasteiger charge is -2.08. The minimum atomic E-state index is -0.159. The second kappa shape index (κ2) is 11.8. The molecular weight excluding hydrogens is 303 g/mol. The number of hydrogen-bond donors (Lipinski definition) is 2. The van der Waals surface area contributed by atoms with Crippen molar-refractivity contribution in [3.63, 3.8) is 0 Å². The molecule has 1 rings (SSSR count). The SMILES string of the molecule is COCCNCCNC(=O)COc1cccc(Cl)c1.Cl. The second-order valence-electron chi connectivity index (χ2n) is 3.84. The summed E-state index contributed by atoms with van der Waals surface area (Å²) in [4.78, 5) is 11.5. The Kier molecular flexibility index (Phi) is 11.2. The highest BCUT2D eigenvalue weighted by Crippen LogP contribution is 2.16. The molecule has 1 aromatic rings. The van der Waals surface area contributed by atoms with Crippen LogP contribution in [0.5, 0.6) is 5.75 Å². The number of methoxy groups -OCH3 is 1. The van der Waals surface area contributed by atoms with Crippen molar-refractivity contribution in [2.75, 3.05) is 40.0 Å². The number of carbonyl (C=O) groups is 1. The van der Waals surface area contributed by atoms with Crippen molar-refractivity contribution >= 4 is 29.9 Å². The molecule has 0 unspecified atom stereocenters. The first kappa shape index (κ1) is 19.0. The summed E-state index contributed by atoms with van der Waals surface area (Å²) >= 11 is 5.81. The van der Waals surface area contributed by atoms with Crippen LogP contribution in [0, 0.1) is 0 Å². The van der Waals surface area contributed by atoms with Crippen molar-refractivity contribution in [3.8, 4) is 5.75 Å². The average molecular weight is 323 g/mol. The highest BCUT2D eigenvalue weighted by molar-refractivity contribution is 6.30. The van der Waals surface area contributed by atoms with Gasteiger partial charge < -0.3 is 20.1 Å². The average Bonchev–Trinajstić information content (AvgIpc) is 2.40. The van der Waals surface area contributed by atoms with Crippen molar-refractivity contribution in [1.82, 2.24) is 10.6 Å². The van der Waals surface area contributed by atoms with Crippen LogP contribution in [-0.4, -0.2) is 45.9 Å². The van der Waals surface area contributed by atoms with Gasteiger partial charge in [0.25, 0.3) is 5.91 Å². The normalized spacial score (nSPS) is 9.70. The molecular formula is C13H20Cl2N2O3. The summed E-state index contributed by atoms with van der Waals surface area (Å²) in [5.74, 6) is 0.425. The van der Waals surface area contributed by atoms with Crippen LogP contribution in [0.2, 0.25) is 5.02 Å². The smallest absolute Gasteiger partial charge is 0.257 e. The van der Waals surface area contributed by atoms with E-state index in [1.54, 1.807) is 31.4 Å². The number of hydrogen-bond acceptors (Lipinski definition) is 4. The summed E-state index contributed by atoms with van der Waals surface area (Å²) in [7, 11) is 1.65. The molecule has 0 aliphatic heterocycles. The molecule has 0 radical (unpaired) electrons. The molecule has 2 N–H and O–H groups in total. The Morgan fingerprint density at radius 1 is 1.30 bits per heavy atom. The quantitative estimate of drug-likeness (QED) is 0.676. The van der Waals surface area contributed by atoms with Crippen molar-refractivity contribution in [2.24, 2.45) is 0 Å². The Labute approximate surface area is 130 Å². The standard InChI is InChI=1S/C13H19ClN2O3.ClH/c1-18-8-7-15-5-6-16-13(17)10-19-12-4-2-3-11(14)9-12;/h2-4,9,15H,5-8,10H2,1H3,(H,16,17);1H. The lowest BCUT2D eigenvalue weighted by molar-refractivity contribution is -0.123. The van der Waals surface area contributed by atoms with Crippen LogP contribution in [-0.2, 0) is 9.53 Å². The Morgan fingerprint density at radius 2 is 2.10 bits per heavy atom. The Hall–Kier alpha value is -1.01. The first-order chi connectivity index (χ1) is 9.22. The largest absolute Gasteiger partial charge is 0.484 e. The van der Waals surface area contributed by atoms with Gasteiger partial charge in [-0.05, 0) is 18.2 Å². The lowest BCUT2D eigenvalue weighted by atomic mass is 10.3. The van der Waals surface area contributed by atoms with E-state index in [1.165, 1.54) is 0 Å². The van der Waals surface area contributed by atoms with Crippen molar-refractivity contribution < 1.29 is 14.3 Å². The van der Waals surface area contributed by atoms with Crippen LogP contribution >= 0.6 is 24.0 Å². The summed E-state index contributed by atoms with van der Waals surface area (Å²) in [6, 6.07) is 6.95. The van der Waals surface area contributed by atoms with E-state index in [-0.39, 0.29) is 24.9 Å². The monoisotopic (exact) mass is 322 g/mol. The second-order valence-corrected chi connectivity index (χ2v) is 4.28. The van der Waals surface area contributed by atoms with E-state index in [1.807, 2.05) is 0 Å². The Bertz CT molecular complexity index is 392. The van der Waals surface area contributed by atoms with E-state index in [9.17, 15) is 4.79 Å². The molecule has 1 aromatic carbocycles. The molecule has 0 saturated carbocycles. The predicted molar refractivity (Wildman–Crippen MR) is 82.0 cm³/mol. The van der Waals surface area contributed by atoms with Crippen molar-refractivity contribution in [3.05, 3.63) is 29.3 Å². The van der Waals surface area contributed by atoms with Gasteiger partial charge >= 0.3 is 0 Å². The predicted octanol–water partition coefficient (Wildman–Crippen LogP) is 1.49. The van der Waals surface area contributed by atoms with Crippen LogP contribution < -0.4 is 15.4 Å².